The molecule has 4 rings (SSSR count). The van der Waals surface area contributed by atoms with Gasteiger partial charge in [0.05, 0.1) is 10.7 Å². The van der Waals surface area contributed by atoms with Crippen LogP contribution < -0.4 is 4.90 Å². The largest absolute Gasteiger partial charge is 0.437 e. The molecule has 34 heavy (non-hydrogen) atoms. The minimum absolute atomic E-state index is 0.0533. The zero-order valence-corrected chi connectivity index (χ0v) is 20.2. The van der Waals surface area contributed by atoms with Gasteiger partial charge >= 0.3 is 12.3 Å². The van der Waals surface area contributed by atoms with Crippen molar-refractivity contribution in [3.63, 3.8) is 0 Å². The van der Waals surface area contributed by atoms with Gasteiger partial charge in [0.2, 0.25) is 0 Å². The molecule has 0 aromatic heterocycles. The Morgan fingerprint density at radius 1 is 1.15 bits per heavy atom. The van der Waals surface area contributed by atoms with Gasteiger partial charge in [-0.1, -0.05) is 23.7 Å². The van der Waals surface area contributed by atoms with Crippen LogP contribution in [0.4, 0.5) is 28.0 Å². The van der Waals surface area contributed by atoms with Gasteiger partial charge in [0.1, 0.15) is 6.17 Å². The third-order valence-corrected chi connectivity index (χ3v) is 7.85. The number of benzene rings is 1. The molecule has 1 amide bonds. The van der Waals surface area contributed by atoms with Crippen molar-refractivity contribution in [3.8, 4) is 0 Å². The number of alkyl halides is 4. The Morgan fingerprint density at radius 3 is 2.44 bits per heavy atom. The first kappa shape index (κ1) is 25.4. The summed E-state index contributed by atoms with van der Waals surface area (Å²) in [6.07, 6.45) is -4.82. The summed E-state index contributed by atoms with van der Waals surface area (Å²) in [4.78, 5) is 18.1. The van der Waals surface area contributed by atoms with E-state index >= 15 is 0 Å². The highest BCUT2D eigenvalue weighted by Gasteiger charge is 2.44. The highest BCUT2D eigenvalue weighted by atomic mass is 35.5. The fourth-order valence-corrected chi connectivity index (χ4v) is 5.69. The number of hydrogen-bond acceptors (Lipinski definition) is 4. The summed E-state index contributed by atoms with van der Waals surface area (Å²) >= 11 is 6.56. The Morgan fingerprint density at radius 2 is 1.79 bits per heavy atom. The molecule has 1 aromatic rings. The van der Waals surface area contributed by atoms with E-state index in [1.807, 2.05) is 12.1 Å². The molecule has 3 aliphatic heterocycles. The molecule has 190 valence electrons. The fraction of sp³-hybridized carbons (Fsp3) is 0.708. The van der Waals surface area contributed by atoms with Crippen molar-refractivity contribution in [2.24, 2.45) is 5.41 Å². The van der Waals surface area contributed by atoms with E-state index < -0.39 is 24.5 Å². The molecular weight excluding hydrogens is 474 g/mol. The van der Waals surface area contributed by atoms with Gasteiger partial charge < -0.3 is 14.5 Å². The van der Waals surface area contributed by atoms with E-state index in [1.165, 1.54) is 4.90 Å². The molecule has 5 nitrogen and oxygen atoms in total. The maximum atomic E-state index is 13.6. The van der Waals surface area contributed by atoms with E-state index in [1.54, 1.807) is 0 Å². The van der Waals surface area contributed by atoms with Crippen molar-refractivity contribution < 1.29 is 27.1 Å². The summed E-state index contributed by atoms with van der Waals surface area (Å²) in [5.74, 6) is 0. The number of likely N-dealkylation sites (tertiary alicyclic amines) is 2. The number of carbonyl (C=O) groups excluding carboxylic acids is 1. The van der Waals surface area contributed by atoms with Crippen molar-refractivity contribution in [1.29, 1.82) is 0 Å². The molecule has 0 bridgehead atoms. The molecule has 3 heterocycles. The van der Waals surface area contributed by atoms with Crippen LogP contribution in [-0.4, -0.2) is 73.6 Å². The Kier molecular flexibility index (Phi) is 7.53. The second kappa shape index (κ2) is 10.1. The first-order chi connectivity index (χ1) is 16.1. The van der Waals surface area contributed by atoms with Gasteiger partial charge in [-0.3, -0.25) is 4.90 Å². The number of piperidine rings is 2. The summed E-state index contributed by atoms with van der Waals surface area (Å²) in [6.45, 7) is 5.47. The first-order valence-electron chi connectivity index (χ1n) is 12.0. The lowest BCUT2D eigenvalue weighted by Gasteiger charge is -2.39. The summed E-state index contributed by atoms with van der Waals surface area (Å²) in [7, 11) is 0. The maximum Gasteiger partial charge on any atom is 0.425 e. The number of anilines is 1. The molecule has 1 unspecified atom stereocenters. The third-order valence-electron chi connectivity index (χ3n) is 7.54. The molecule has 3 saturated heterocycles. The fourth-order valence-electron chi connectivity index (χ4n) is 5.38. The molecular formula is C24H32ClF4N3O2. The summed E-state index contributed by atoms with van der Waals surface area (Å²) in [5, 5.41) is 0.684. The number of halogens is 5. The van der Waals surface area contributed by atoms with Crippen molar-refractivity contribution in [1.82, 2.24) is 9.80 Å². The number of para-hydroxylation sites is 1. The van der Waals surface area contributed by atoms with Crippen molar-refractivity contribution in [2.75, 3.05) is 44.2 Å². The second-order valence-electron chi connectivity index (χ2n) is 9.92. The minimum Gasteiger partial charge on any atom is -0.437 e. The SMILES string of the molecule is CC(OC(=O)N1CCC2(CCN(Cc3cccc(Cl)c3N3CCC(F)CC3)C2)CC1)C(F)(F)F. The van der Waals surface area contributed by atoms with Gasteiger partial charge in [-0.05, 0) is 62.6 Å². The summed E-state index contributed by atoms with van der Waals surface area (Å²) in [6, 6.07) is 5.90. The van der Waals surface area contributed by atoms with E-state index in [0.29, 0.717) is 44.0 Å². The predicted octanol–water partition coefficient (Wildman–Crippen LogP) is 5.65. The van der Waals surface area contributed by atoms with E-state index in [0.717, 1.165) is 57.1 Å². The zero-order chi connectivity index (χ0) is 24.5. The van der Waals surface area contributed by atoms with Crippen LogP contribution >= 0.6 is 11.6 Å². The van der Waals surface area contributed by atoms with Crippen LogP contribution in [0.1, 0.15) is 44.6 Å². The van der Waals surface area contributed by atoms with E-state index in [-0.39, 0.29) is 5.41 Å². The molecule has 1 aromatic carbocycles. The van der Waals surface area contributed by atoms with Crippen LogP contribution in [0.25, 0.3) is 0 Å². The van der Waals surface area contributed by atoms with Crippen LogP contribution in [0.5, 0.6) is 0 Å². The number of nitrogens with zero attached hydrogens (tertiary/aromatic N) is 3. The monoisotopic (exact) mass is 505 g/mol. The van der Waals surface area contributed by atoms with Crippen molar-refractivity contribution >= 4 is 23.4 Å². The smallest absolute Gasteiger partial charge is 0.425 e. The normalized spacial score (nSPS) is 22.9. The van der Waals surface area contributed by atoms with Crippen LogP contribution in [0.3, 0.4) is 0 Å². The Labute approximate surface area is 203 Å². The second-order valence-corrected chi connectivity index (χ2v) is 10.3. The molecule has 3 aliphatic rings. The van der Waals surface area contributed by atoms with Crippen LogP contribution in [0, 0.1) is 5.41 Å². The quantitative estimate of drug-likeness (QED) is 0.495. The molecule has 0 radical (unpaired) electrons. The molecule has 0 saturated carbocycles. The lowest BCUT2D eigenvalue weighted by atomic mass is 9.78. The van der Waals surface area contributed by atoms with Gasteiger partial charge in [0.25, 0.3) is 0 Å². The highest BCUT2D eigenvalue weighted by molar-refractivity contribution is 6.33. The Hall–Kier alpha value is -1.74. The van der Waals surface area contributed by atoms with Crippen molar-refractivity contribution in [3.05, 3.63) is 28.8 Å². The molecule has 1 atom stereocenters. The van der Waals surface area contributed by atoms with Gasteiger partial charge in [0, 0.05) is 39.3 Å². The molecule has 0 N–H and O–H groups in total. The van der Waals surface area contributed by atoms with Gasteiger partial charge in [0.15, 0.2) is 6.10 Å². The predicted molar refractivity (Wildman–Crippen MR) is 123 cm³/mol. The molecule has 1 spiro atoms. The lowest BCUT2D eigenvalue weighted by molar-refractivity contribution is -0.200. The average Bonchev–Trinajstić information content (AvgIpc) is 3.16. The van der Waals surface area contributed by atoms with E-state index in [9.17, 15) is 22.4 Å². The van der Waals surface area contributed by atoms with Gasteiger partial charge in [-0.25, -0.2) is 9.18 Å². The number of ether oxygens (including phenoxy) is 1. The van der Waals surface area contributed by atoms with Crippen LogP contribution in [0.2, 0.25) is 5.02 Å². The number of rotatable bonds is 4. The molecule has 3 fully saturated rings. The summed E-state index contributed by atoms with van der Waals surface area (Å²) in [5.41, 5.74) is 2.18. The highest BCUT2D eigenvalue weighted by Crippen LogP contribution is 2.42. The number of amides is 1. The average molecular weight is 506 g/mol. The summed E-state index contributed by atoms with van der Waals surface area (Å²) < 4.78 is 56.3. The van der Waals surface area contributed by atoms with E-state index in [4.69, 9.17) is 11.6 Å². The first-order valence-corrected chi connectivity index (χ1v) is 12.4. The lowest BCUT2D eigenvalue weighted by Crippen LogP contribution is -2.46. The third kappa shape index (κ3) is 5.73. The topological polar surface area (TPSA) is 36.0 Å². The Bertz CT molecular complexity index is 868. The zero-order valence-electron chi connectivity index (χ0n) is 19.4. The minimum atomic E-state index is -4.56. The van der Waals surface area contributed by atoms with Gasteiger partial charge in [-0.15, -0.1) is 0 Å². The number of hydrogen-bond donors (Lipinski definition) is 0. The van der Waals surface area contributed by atoms with Gasteiger partial charge in [-0.2, -0.15) is 13.2 Å². The molecule has 0 aliphatic carbocycles. The standard InChI is InChI=1S/C24H32ClF4N3O2/c1-17(24(27,28)29)34-22(33)32-13-8-23(9-14-32)7-12-30(16-23)15-18-3-2-4-20(25)21(18)31-10-5-19(26)6-11-31/h2-4,17,19H,5-16H2,1H3. The van der Waals surface area contributed by atoms with Crippen LogP contribution in [-0.2, 0) is 11.3 Å². The van der Waals surface area contributed by atoms with Crippen molar-refractivity contribution in [2.45, 2.75) is 64.0 Å². The molecule has 10 heteroatoms. The van der Waals surface area contributed by atoms with Crippen LogP contribution in [0.15, 0.2) is 18.2 Å². The number of carbonyl (C=O) groups is 1. The maximum absolute atomic E-state index is 13.6. The van der Waals surface area contributed by atoms with E-state index in [2.05, 4.69) is 20.6 Å². The Balaban J connectivity index is 1.34.